The van der Waals surface area contributed by atoms with Crippen LogP contribution in [0, 0.1) is 51.2 Å². The molecule has 1 aromatic heterocycles. The summed E-state index contributed by atoms with van der Waals surface area (Å²) in [5.74, 6) is 1.59. The first-order valence-electron chi connectivity index (χ1n) is 21.0. The second kappa shape index (κ2) is 13.8. The predicted molar refractivity (Wildman–Crippen MR) is 214 cm³/mol. The molecule has 7 nitrogen and oxygen atoms in total. The Hall–Kier alpha value is -2.52. The van der Waals surface area contributed by atoms with Crippen molar-refractivity contribution in [2.24, 2.45) is 51.2 Å². The Balaban J connectivity index is 1.15. The first-order chi connectivity index (χ1) is 25.7. The van der Waals surface area contributed by atoms with Crippen LogP contribution < -0.4 is 0 Å². The molecule has 4 fully saturated rings. The number of carbonyl (C=O) groups is 2. The molecule has 0 aliphatic heterocycles. The highest BCUT2D eigenvalue weighted by atomic mass is 32.1. The van der Waals surface area contributed by atoms with Crippen molar-refractivity contribution >= 4 is 33.3 Å². The van der Waals surface area contributed by atoms with Crippen LogP contribution in [0.2, 0.25) is 0 Å². The molecular formula is C46H63NO6S. The van der Waals surface area contributed by atoms with E-state index in [9.17, 15) is 15.0 Å². The maximum absolute atomic E-state index is 15.1. The van der Waals surface area contributed by atoms with Gasteiger partial charge in [0, 0.05) is 46.8 Å². The van der Waals surface area contributed by atoms with E-state index in [1.54, 1.807) is 23.3 Å². The summed E-state index contributed by atoms with van der Waals surface area (Å²) in [7, 11) is 1.68. The predicted octanol–water partition coefficient (Wildman–Crippen LogP) is 9.61. The Morgan fingerprint density at radius 1 is 1.00 bits per heavy atom. The Morgan fingerprint density at radius 3 is 2.50 bits per heavy atom. The van der Waals surface area contributed by atoms with Crippen LogP contribution in [0.1, 0.15) is 115 Å². The molecule has 1 heterocycles. The Bertz CT molecular complexity index is 1800. The zero-order valence-electron chi connectivity index (χ0n) is 33.4. The number of hydrogen-bond donors (Lipinski definition) is 2. The first kappa shape index (κ1) is 38.4. The zero-order valence-corrected chi connectivity index (χ0v) is 34.3. The summed E-state index contributed by atoms with van der Waals surface area (Å²) in [6.07, 6.45) is 15.3. The average Bonchev–Trinajstić information content (AvgIpc) is 3.69. The summed E-state index contributed by atoms with van der Waals surface area (Å²) in [5.41, 5.74) is -1.87. The van der Waals surface area contributed by atoms with Gasteiger partial charge in [0.1, 0.15) is 6.10 Å². The van der Waals surface area contributed by atoms with Crippen molar-refractivity contribution in [1.82, 2.24) is 4.90 Å². The molecular weight excluding hydrogens is 695 g/mol. The summed E-state index contributed by atoms with van der Waals surface area (Å²) in [6.45, 7) is 12.6. The number of Topliss-reactive ketones (excluding diaryl/α,β-unsaturated/α-hetero) is 1. The van der Waals surface area contributed by atoms with Crippen LogP contribution in [0.4, 0.5) is 4.79 Å². The SMILES string of the molecule is COCCCN(CC1(O)CCC2C34C=CC5(C=C3C(=O)c3cc6ccccc6s3)CC(O)CCC5(C)C4CCC21C)C(=O)OC1CC(C)CCC1C(C)C. The van der Waals surface area contributed by atoms with Gasteiger partial charge < -0.3 is 24.6 Å². The molecule has 0 saturated heterocycles. The van der Waals surface area contributed by atoms with Gasteiger partial charge in [0.2, 0.25) is 0 Å². The summed E-state index contributed by atoms with van der Waals surface area (Å²) in [5, 5.41) is 25.3. The average molecular weight is 758 g/mol. The van der Waals surface area contributed by atoms with Crippen LogP contribution in [0.5, 0.6) is 0 Å². The molecule has 54 heavy (non-hydrogen) atoms. The number of thiophene rings is 1. The third-order valence-electron chi connectivity index (χ3n) is 16.3. The minimum atomic E-state index is -1.16. The van der Waals surface area contributed by atoms with Gasteiger partial charge in [-0.1, -0.05) is 77.5 Å². The fourth-order valence-corrected chi connectivity index (χ4v) is 14.2. The van der Waals surface area contributed by atoms with Crippen LogP contribution >= 0.6 is 11.3 Å². The second-order valence-corrected chi connectivity index (χ2v) is 20.4. The minimum absolute atomic E-state index is 0.0120. The number of nitrogens with zero attached hydrogens (tertiary/aromatic N) is 1. The maximum atomic E-state index is 15.1. The van der Waals surface area contributed by atoms with Crippen LogP contribution in [0.15, 0.2) is 54.1 Å². The number of amides is 1. The van der Waals surface area contributed by atoms with E-state index in [4.69, 9.17) is 9.47 Å². The fraction of sp³-hybridized carbons (Fsp3) is 0.696. The van der Waals surface area contributed by atoms with Crippen molar-refractivity contribution in [3.05, 3.63) is 59.0 Å². The van der Waals surface area contributed by atoms with Crippen LogP contribution in [-0.2, 0) is 9.47 Å². The molecule has 2 N–H and O–H groups in total. The highest BCUT2D eigenvalue weighted by Gasteiger charge is 2.74. The third kappa shape index (κ3) is 5.73. The molecule has 1 aromatic carbocycles. The van der Waals surface area contributed by atoms with Gasteiger partial charge in [-0.2, -0.15) is 0 Å². The molecule has 0 radical (unpaired) electrons. The molecule has 1 amide bonds. The standard InChI is InChI=1S/C46H63NO6S/c1-29(2)33-13-12-30(3)24-35(33)53-41(50)47(22-9-23-52-6)28-45(51)19-16-39-43(45,5)18-15-38-42(4)17-14-32(48)26-44(42)20-21-46(38,39)34(27-44)40(49)37-25-31-10-7-8-11-36(31)54-37/h7-8,10-11,20-21,25,27,29-30,32-33,35,38-39,48,51H,9,12-19,22-24,26,28H2,1-6H3. The lowest BCUT2D eigenvalue weighted by Crippen LogP contribution is -2.67. The maximum Gasteiger partial charge on any atom is 0.410 e. The Morgan fingerprint density at radius 2 is 1.74 bits per heavy atom. The summed E-state index contributed by atoms with van der Waals surface area (Å²) < 4.78 is 13.0. The number of benzene rings is 1. The quantitative estimate of drug-likeness (QED) is 0.142. The highest BCUT2D eigenvalue weighted by Crippen LogP contribution is 2.78. The van der Waals surface area contributed by atoms with E-state index in [-0.39, 0.29) is 47.2 Å². The minimum Gasteiger partial charge on any atom is -0.446 e. The van der Waals surface area contributed by atoms with Gasteiger partial charge in [-0.25, -0.2) is 4.79 Å². The monoisotopic (exact) mass is 757 g/mol. The van der Waals surface area contributed by atoms with E-state index in [2.05, 4.69) is 71.0 Å². The van der Waals surface area contributed by atoms with Gasteiger partial charge >= 0.3 is 6.09 Å². The smallest absolute Gasteiger partial charge is 0.410 e. The van der Waals surface area contributed by atoms with Gasteiger partial charge in [-0.05, 0) is 117 Å². The van der Waals surface area contributed by atoms with E-state index in [1.165, 1.54) is 0 Å². The molecule has 7 aliphatic rings. The number of methoxy groups -OCH3 is 1. The van der Waals surface area contributed by atoms with Gasteiger partial charge in [-0.3, -0.25) is 4.79 Å². The van der Waals surface area contributed by atoms with Crippen molar-refractivity contribution in [2.75, 3.05) is 26.8 Å². The number of hydrogen-bond acceptors (Lipinski definition) is 7. The van der Waals surface area contributed by atoms with Crippen molar-refractivity contribution in [2.45, 2.75) is 123 Å². The summed E-state index contributed by atoms with van der Waals surface area (Å²) >= 11 is 1.57. The molecule has 11 unspecified atom stereocenters. The van der Waals surface area contributed by atoms with Crippen molar-refractivity contribution in [3.63, 3.8) is 0 Å². The fourth-order valence-electron chi connectivity index (χ4n) is 13.2. The Kier molecular flexibility index (Phi) is 9.83. The van der Waals surface area contributed by atoms with E-state index < -0.39 is 22.5 Å². The molecule has 11 atom stereocenters. The molecule has 7 aliphatic carbocycles. The van der Waals surface area contributed by atoms with Gasteiger partial charge in [0.25, 0.3) is 0 Å². The van der Waals surface area contributed by atoms with E-state index in [0.29, 0.717) is 50.2 Å². The molecule has 294 valence electrons. The number of ether oxygens (including phenoxy) is 2. The first-order valence-corrected chi connectivity index (χ1v) is 21.8. The van der Waals surface area contributed by atoms with E-state index in [1.807, 2.05) is 12.1 Å². The van der Waals surface area contributed by atoms with Gasteiger partial charge in [0.15, 0.2) is 5.78 Å². The highest BCUT2D eigenvalue weighted by molar-refractivity contribution is 7.21. The van der Waals surface area contributed by atoms with Crippen LogP contribution in [0.3, 0.4) is 0 Å². The van der Waals surface area contributed by atoms with E-state index in [0.717, 1.165) is 71.9 Å². The number of aliphatic hydroxyl groups is 2. The molecule has 2 spiro atoms. The molecule has 8 heteroatoms. The lowest BCUT2D eigenvalue weighted by molar-refractivity contribution is -0.175. The molecule has 4 saturated carbocycles. The summed E-state index contributed by atoms with van der Waals surface area (Å²) in [6, 6.07) is 10.3. The Labute approximate surface area is 326 Å². The van der Waals surface area contributed by atoms with Crippen molar-refractivity contribution in [3.8, 4) is 0 Å². The second-order valence-electron chi connectivity index (χ2n) is 19.3. The van der Waals surface area contributed by atoms with Crippen LogP contribution in [-0.4, -0.2) is 71.6 Å². The lowest BCUT2D eigenvalue weighted by Gasteiger charge is -2.71. The van der Waals surface area contributed by atoms with Gasteiger partial charge in [0.05, 0.1) is 23.1 Å². The molecule has 9 rings (SSSR count). The largest absolute Gasteiger partial charge is 0.446 e. The topological polar surface area (TPSA) is 96.3 Å². The third-order valence-corrected chi connectivity index (χ3v) is 17.4. The number of rotatable bonds is 10. The van der Waals surface area contributed by atoms with Crippen LogP contribution in [0.25, 0.3) is 10.1 Å². The van der Waals surface area contributed by atoms with Crippen molar-refractivity contribution < 1.29 is 29.3 Å². The number of allylic oxidation sites excluding steroid dienone is 4. The van der Waals surface area contributed by atoms with Gasteiger partial charge in [-0.15, -0.1) is 11.3 Å². The number of fused-ring (bicyclic) bond motifs is 2. The number of aliphatic hydroxyl groups excluding tert-OH is 1. The number of ketones is 1. The molecule has 2 bridgehead atoms. The van der Waals surface area contributed by atoms with E-state index >= 15 is 4.79 Å². The summed E-state index contributed by atoms with van der Waals surface area (Å²) in [4.78, 5) is 32.0. The number of carbonyl (C=O) groups excluding carboxylic acids is 2. The van der Waals surface area contributed by atoms with Crippen molar-refractivity contribution in [1.29, 1.82) is 0 Å². The normalized spacial score (nSPS) is 40.9. The lowest BCUT2D eigenvalue weighted by atomic mass is 9.32. The zero-order chi connectivity index (χ0) is 38.3. The molecule has 2 aromatic rings.